The van der Waals surface area contributed by atoms with Crippen LogP contribution in [0.5, 0.6) is 0 Å². The van der Waals surface area contributed by atoms with E-state index in [1.165, 1.54) is 11.3 Å². The van der Waals surface area contributed by atoms with Gasteiger partial charge in [-0.25, -0.2) is 4.98 Å². The SMILES string of the molecule is O=C(c1nc2c(s1)CCC2)N1C[C@@H]2C[C@H](C1)c1cccc(=O)n1C2. The molecule has 0 saturated carbocycles. The number of aryl methyl sites for hydroxylation is 2. The number of carbonyl (C=O) groups is 1. The van der Waals surface area contributed by atoms with Crippen molar-refractivity contribution in [3.63, 3.8) is 0 Å². The standard InChI is InChI=1S/C18H19N3O2S/c22-16-6-2-4-14-12-7-11(9-21(14)16)8-20(10-12)18(23)17-19-13-3-1-5-15(13)24-17/h2,4,6,11-12H,1,3,5,7-10H2/t11-,12+/m0/s1. The van der Waals surface area contributed by atoms with E-state index in [4.69, 9.17) is 0 Å². The molecule has 2 atom stereocenters. The number of fused-ring (bicyclic) bond motifs is 5. The highest BCUT2D eigenvalue weighted by atomic mass is 32.1. The lowest BCUT2D eigenvalue weighted by atomic mass is 9.83. The van der Waals surface area contributed by atoms with Crippen LogP contribution in [0.4, 0.5) is 0 Å². The fraction of sp³-hybridized carbons (Fsp3) is 0.500. The average molecular weight is 341 g/mol. The van der Waals surface area contributed by atoms with Crippen LogP contribution in [0.3, 0.4) is 0 Å². The number of hydrogen-bond acceptors (Lipinski definition) is 4. The first-order valence-electron chi connectivity index (χ1n) is 8.66. The molecule has 1 saturated heterocycles. The summed E-state index contributed by atoms with van der Waals surface area (Å²) in [5, 5.41) is 0.658. The number of rotatable bonds is 1. The minimum atomic E-state index is 0.0795. The van der Waals surface area contributed by atoms with E-state index < -0.39 is 0 Å². The smallest absolute Gasteiger partial charge is 0.282 e. The summed E-state index contributed by atoms with van der Waals surface area (Å²) in [6.45, 7) is 2.16. The van der Waals surface area contributed by atoms with Gasteiger partial charge in [-0.15, -0.1) is 11.3 Å². The van der Waals surface area contributed by atoms with Crippen LogP contribution in [0.1, 0.15) is 44.8 Å². The van der Waals surface area contributed by atoms with Gasteiger partial charge in [0.05, 0.1) is 5.69 Å². The van der Waals surface area contributed by atoms with Crippen LogP contribution in [0.25, 0.3) is 0 Å². The largest absolute Gasteiger partial charge is 0.336 e. The Labute approximate surface area is 143 Å². The minimum Gasteiger partial charge on any atom is -0.336 e. The fourth-order valence-electron chi connectivity index (χ4n) is 4.48. The van der Waals surface area contributed by atoms with E-state index in [0.29, 0.717) is 17.5 Å². The normalized spacial score (nSPS) is 24.6. The Balaban J connectivity index is 1.43. The molecular formula is C18H19N3O2S. The van der Waals surface area contributed by atoms with Gasteiger partial charge < -0.3 is 9.47 Å². The first-order chi connectivity index (χ1) is 11.7. The van der Waals surface area contributed by atoms with E-state index in [-0.39, 0.29) is 17.4 Å². The Morgan fingerprint density at radius 3 is 3.00 bits per heavy atom. The van der Waals surface area contributed by atoms with Gasteiger partial charge in [0.25, 0.3) is 11.5 Å². The lowest BCUT2D eigenvalue weighted by Crippen LogP contribution is -2.49. The quantitative estimate of drug-likeness (QED) is 0.798. The highest BCUT2D eigenvalue weighted by Crippen LogP contribution is 2.36. The average Bonchev–Trinajstić information content (AvgIpc) is 3.17. The van der Waals surface area contributed by atoms with Crippen LogP contribution in [-0.2, 0) is 19.4 Å². The summed E-state index contributed by atoms with van der Waals surface area (Å²) in [6.07, 6.45) is 4.33. The minimum absolute atomic E-state index is 0.0795. The van der Waals surface area contributed by atoms with Crippen LogP contribution in [-0.4, -0.2) is 33.4 Å². The Bertz CT molecular complexity index is 863. The molecule has 4 heterocycles. The number of pyridine rings is 1. The zero-order valence-electron chi connectivity index (χ0n) is 13.4. The number of hydrogen-bond donors (Lipinski definition) is 0. The van der Waals surface area contributed by atoms with E-state index >= 15 is 0 Å². The second-order valence-corrected chi connectivity index (χ2v) is 8.23. The van der Waals surface area contributed by atoms with Crippen LogP contribution >= 0.6 is 11.3 Å². The number of nitrogens with zero attached hydrogens (tertiary/aromatic N) is 3. The van der Waals surface area contributed by atoms with Crippen LogP contribution in [0.2, 0.25) is 0 Å². The van der Waals surface area contributed by atoms with E-state index in [2.05, 4.69) is 4.98 Å². The first-order valence-corrected chi connectivity index (χ1v) is 9.48. The molecule has 2 aliphatic heterocycles. The molecule has 1 fully saturated rings. The van der Waals surface area contributed by atoms with E-state index in [9.17, 15) is 9.59 Å². The molecule has 124 valence electrons. The molecule has 2 bridgehead atoms. The van der Waals surface area contributed by atoms with Gasteiger partial charge >= 0.3 is 0 Å². The van der Waals surface area contributed by atoms with Crippen LogP contribution in [0.15, 0.2) is 23.0 Å². The van der Waals surface area contributed by atoms with E-state index in [1.54, 1.807) is 17.4 Å². The van der Waals surface area contributed by atoms with Crippen molar-refractivity contribution in [3.05, 3.63) is 49.8 Å². The topological polar surface area (TPSA) is 55.2 Å². The number of piperidine rings is 1. The molecule has 5 rings (SSSR count). The Kier molecular flexibility index (Phi) is 3.16. The third-order valence-corrected chi connectivity index (χ3v) is 6.69. The van der Waals surface area contributed by atoms with Gasteiger partial charge in [-0.2, -0.15) is 0 Å². The van der Waals surface area contributed by atoms with Crippen molar-refractivity contribution in [2.75, 3.05) is 13.1 Å². The van der Waals surface area contributed by atoms with Crippen molar-refractivity contribution in [1.29, 1.82) is 0 Å². The van der Waals surface area contributed by atoms with Gasteiger partial charge in [0.1, 0.15) is 0 Å². The summed E-state index contributed by atoms with van der Waals surface area (Å²) >= 11 is 1.58. The second-order valence-electron chi connectivity index (χ2n) is 7.15. The molecular weight excluding hydrogens is 322 g/mol. The molecule has 1 amide bonds. The molecule has 0 spiro atoms. The van der Waals surface area contributed by atoms with Crippen molar-refractivity contribution >= 4 is 17.2 Å². The summed E-state index contributed by atoms with van der Waals surface area (Å²) in [5.41, 5.74) is 2.30. The molecule has 2 aromatic heterocycles. The molecule has 3 aliphatic rings. The molecule has 0 N–H and O–H groups in total. The van der Waals surface area contributed by atoms with Gasteiger partial charge in [-0.1, -0.05) is 6.07 Å². The predicted octanol–water partition coefficient (Wildman–Crippen LogP) is 2.05. The van der Waals surface area contributed by atoms with Crippen LogP contribution < -0.4 is 5.56 Å². The number of amides is 1. The summed E-state index contributed by atoms with van der Waals surface area (Å²) < 4.78 is 1.90. The third-order valence-electron chi connectivity index (χ3n) is 5.55. The van der Waals surface area contributed by atoms with Gasteiger partial charge in [-0.05, 0) is 37.7 Å². The van der Waals surface area contributed by atoms with Gasteiger partial charge in [0.2, 0.25) is 0 Å². The summed E-state index contributed by atoms with van der Waals surface area (Å²) in [4.78, 5) is 32.9. The maximum Gasteiger partial charge on any atom is 0.282 e. The second kappa shape index (κ2) is 5.28. The lowest BCUT2D eigenvalue weighted by Gasteiger charge is -2.42. The number of thiazole rings is 1. The molecule has 5 nitrogen and oxygen atoms in total. The summed E-state index contributed by atoms with van der Waals surface area (Å²) in [6, 6.07) is 5.50. The molecule has 1 aliphatic carbocycles. The fourth-order valence-corrected chi connectivity index (χ4v) is 5.60. The maximum atomic E-state index is 12.9. The maximum absolute atomic E-state index is 12.9. The highest BCUT2D eigenvalue weighted by molar-refractivity contribution is 7.13. The van der Waals surface area contributed by atoms with Crippen LogP contribution in [0, 0.1) is 5.92 Å². The Morgan fingerprint density at radius 2 is 2.12 bits per heavy atom. The van der Waals surface area contributed by atoms with Crippen molar-refractivity contribution in [2.24, 2.45) is 5.92 Å². The number of likely N-dealkylation sites (tertiary alicyclic amines) is 1. The molecule has 0 unspecified atom stereocenters. The van der Waals surface area contributed by atoms with Gasteiger partial charge in [-0.3, -0.25) is 9.59 Å². The Hall–Kier alpha value is -1.95. The zero-order valence-corrected chi connectivity index (χ0v) is 14.2. The molecule has 0 radical (unpaired) electrons. The lowest BCUT2D eigenvalue weighted by molar-refractivity contribution is 0.0594. The van der Waals surface area contributed by atoms with Crippen molar-refractivity contribution in [2.45, 2.75) is 38.1 Å². The van der Waals surface area contributed by atoms with E-state index in [0.717, 1.165) is 43.7 Å². The van der Waals surface area contributed by atoms with Crippen molar-refractivity contribution < 1.29 is 4.79 Å². The molecule has 6 heteroatoms. The number of carbonyl (C=O) groups excluding carboxylic acids is 1. The van der Waals surface area contributed by atoms with Crippen molar-refractivity contribution in [1.82, 2.24) is 14.5 Å². The highest BCUT2D eigenvalue weighted by Gasteiger charge is 2.37. The summed E-state index contributed by atoms with van der Waals surface area (Å²) in [7, 11) is 0. The molecule has 0 aromatic carbocycles. The predicted molar refractivity (Wildman–Crippen MR) is 91.6 cm³/mol. The molecule has 24 heavy (non-hydrogen) atoms. The monoisotopic (exact) mass is 341 g/mol. The molecule has 2 aromatic rings. The third kappa shape index (κ3) is 2.16. The first kappa shape index (κ1) is 14.4. The summed E-state index contributed by atoms with van der Waals surface area (Å²) in [5.74, 6) is 0.713. The Morgan fingerprint density at radius 1 is 1.21 bits per heavy atom. The van der Waals surface area contributed by atoms with Gasteiger partial charge in [0.15, 0.2) is 5.01 Å². The number of aromatic nitrogens is 2. The zero-order chi connectivity index (χ0) is 16.3. The van der Waals surface area contributed by atoms with Crippen molar-refractivity contribution in [3.8, 4) is 0 Å². The van der Waals surface area contributed by atoms with E-state index in [1.807, 2.05) is 21.6 Å². The van der Waals surface area contributed by atoms with Gasteiger partial charge in [0, 0.05) is 42.2 Å².